The van der Waals surface area contributed by atoms with Gasteiger partial charge in [-0.15, -0.1) is 11.3 Å². The highest BCUT2D eigenvalue weighted by Gasteiger charge is 2.25. The molecular formula is C30H37NO7S. The summed E-state index contributed by atoms with van der Waals surface area (Å²) in [5.41, 5.74) is 2.19. The summed E-state index contributed by atoms with van der Waals surface area (Å²) in [7, 11) is 3.19. The summed E-state index contributed by atoms with van der Waals surface area (Å²) in [5, 5.41) is 0.949. The first-order valence-electron chi connectivity index (χ1n) is 13.4. The summed E-state index contributed by atoms with van der Waals surface area (Å²) < 4.78 is 29.5. The maximum Gasteiger partial charge on any atom is 0.223 e. The largest absolute Gasteiger partial charge is 0.493 e. The van der Waals surface area contributed by atoms with E-state index in [4.69, 9.17) is 23.7 Å². The molecule has 0 N–H and O–H groups in total. The number of ketones is 1. The van der Waals surface area contributed by atoms with Gasteiger partial charge in [0, 0.05) is 50.2 Å². The minimum absolute atomic E-state index is 0.0948. The Kier molecular flexibility index (Phi) is 10.1. The Bertz CT molecular complexity index is 1300. The van der Waals surface area contributed by atoms with Gasteiger partial charge in [-0.2, -0.15) is 0 Å². The topological polar surface area (TPSA) is 83.5 Å². The Labute approximate surface area is 233 Å². The molecule has 2 heterocycles. The second-order valence-corrected chi connectivity index (χ2v) is 10.6. The minimum atomic E-state index is 0.0948. The van der Waals surface area contributed by atoms with E-state index in [1.807, 2.05) is 49.1 Å². The Balaban J connectivity index is 1.37. The van der Waals surface area contributed by atoms with Crippen LogP contribution in [0.2, 0.25) is 0 Å². The average Bonchev–Trinajstić information content (AvgIpc) is 3.54. The van der Waals surface area contributed by atoms with Crippen molar-refractivity contribution in [2.75, 3.05) is 34.2 Å². The second-order valence-electron chi connectivity index (χ2n) is 9.49. The molecule has 0 saturated carbocycles. The van der Waals surface area contributed by atoms with Crippen molar-refractivity contribution in [2.45, 2.75) is 59.0 Å². The van der Waals surface area contributed by atoms with E-state index in [2.05, 4.69) is 0 Å². The zero-order chi connectivity index (χ0) is 27.8. The number of benzene rings is 2. The molecule has 3 aromatic rings. The second kappa shape index (κ2) is 13.7. The van der Waals surface area contributed by atoms with Crippen LogP contribution in [-0.2, 0) is 22.6 Å². The van der Waals surface area contributed by atoms with Gasteiger partial charge in [0.1, 0.15) is 0 Å². The Morgan fingerprint density at radius 3 is 2.10 bits per heavy atom. The fourth-order valence-corrected chi connectivity index (χ4v) is 5.57. The summed E-state index contributed by atoms with van der Waals surface area (Å²) in [6, 6.07) is 9.68. The van der Waals surface area contributed by atoms with Crippen LogP contribution < -0.4 is 18.9 Å². The lowest BCUT2D eigenvalue weighted by atomic mass is 10.1. The molecule has 210 valence electrons. The number of fused-ring (bicyclic) bond motifs is 2. The first kappa shape index (κ1) is 28.7. The van der Waals surface area contributed by atoms with Gasteiger partial charge in [-0.1, -0.05) is 13.8 Å². The summed E-state index contributed by atoms with van der Waals surface area (Å²) in [6.45, 7) is 6.15. The van der Waals surface area contributed by atoms with Crippen LogP contribution in [0.25, 0.3) is 10.1 Å². The summed E-state index contributed by atoms with van der Waals surface area (Å²) >= 11 is 1.47. The SMILES string of the molecule is CCCC(=O)c1cc2cc(OCCCOc3cc4c(cc3OC)CN(C(=O)CCC)C4)c(OCOC)cc2s1. The van der Waals surface area contributed by atoms with E-state index in [0.29, 0.717) is 68.6 Å². The first-order chi connectivity index (χ1) is 19.0. The molecule has 0 saturated heterocycles. The number of nitrogens with zero attached hydrogens (tertiary/aromatic N) is 1. The Morgan fingerprint density at radius 1 is 0.821 bits per heavy atom. The molecule has 0 radical (unpaired) electrons. The molecule has 0 atom stereocenters. The van der Waals surface area contributed by atoms with E-state index in [1.165, 1.54) is 11.3 Å². The molecule has 39 heavy (non-hydrogen) atoms. The third kappa shape index (κ3) is 7.02. The van der Waals surface area contributed by atoms with Crippen LogP contribution in [0.3, 0.4) is 0 Å². The van der Waals surface area contributed by atoms with E-state index in [-0.39, 0.29) is 18.5 Å². The van der Waals surface area contributed by atoms with Gasteiger partial charge in [-0.3, -0.25) is 9.59 Å². The number of hydrogen-bond donors (Lipinski definition) is 0. The van der Waals surface area contributed by atoms with Crippen molar-refractivity contribution in [1.82, 2.24) is 4.90 Å². The average molecular weight is 556 g/mol. The predicted octanol–water partition coefficient (Wildman–Crippen LogP) is 6.37. The number of thiophene rings is 1. The standard InChI is InChI=1S/C30H37NO7S/c1-5-8-23(32)29-15-20-12-26(27(38-19-34-3)16-28(20)39-29)37-11-7-10-36-25-14-22-18-31(30(33)9-6-2)17-21(22)13-24(25)35-4/h12-16H,5-11,17-19H2,1-4H3. The molecule has 0 spiro atoms. The lowest BCUT2D eigenvalue weighted by Gasteiger charge is -2.14. The number of methoxy groups -OCH3 is 2. The lowest BCUT2D eigenvalue weighted by molar-refractivity contribution is -0.131. The van der Waals surface area contributed by atoms with E-state index < -0.39 is 0 Å². The van der Waals surface area contributed by atoms with Crippen molar-refractivity contribution in [1.29, 1.82) is 0 Å². The van der Waals surface area contributed by atoms with Crippen LogP contribution in [0.1, 0.15) is 66.8 Å². The quantitative estimate of drug-likeness (QED) is 0.122. The van der Waals surface area contributed by atoms with Gasteiger partial charge in [0.05, 0.1) is 25.2 Å². The molecule has 0 unspecified atom stereocenters. The fraction of sp³-hybridized carbons (Fsp3) is 0.467. The predicted molar refractivity (Wildman–Crippen MR) is 151 cm³/mol. The summed E-state index contributed by atoms with van der Waals surface area (Å²) in [6.07, 6.45) is 3.39. The number of amides is 1. The Morgan fingerprint density at radius 2 is 1.46 bits per heavy atom. The van der Waals surface area contributed by atoms with Gasteiger partial charge in [-0.05, 0) is 53.6 Å². The third-order valence-electron chi connectivity index (χ3n) is 6.50. The van der Waals surface area contributed by atoms with Gasteiger partial charge in [-0.25, -0.2) is 0 Å². The maximum absolute atomic E-state index is 12.4. The van der Waals surface area contributed by atoms with E-state index in [1.54, 1.807) is 14.2 Å². The number of ether oxygens (including phenoxy) is 5. The molecule has 9 heteroatoms. The van der Waals surface area contributed by atoms with Gasteiger partial charge in [0.25, 0.3) is 0 Å². The van der Waals surface area contributed by atoms with E-state index in [0.717, 1.165) is 38.9 Å². The lowest BCUT2D eigenvalue weighted by Crippen LogP contribution is -2.24. The minimum Gasteiger partial charge on any atom is -0.493 e. The van der Waals surface area contributed by atoms with Gasteiger partial charge in [0.2, 0.25) is 5.91 Å². The van der Waals surface area contributed by atoms with Crippen LogP contribution in [0.15, 0.2) is 30.3 Å². The summed E-state index contributed by atoms with van der Waals surface area (Å²) in [5.74, 6) is 2.81. The molecule has 0 aliphatic carbocycles. The monoisotopic (exact) mass is 555 g/mol. The van der Waals surface area contributed by atoms with Crippen LogP contribution in [0, 0.1) is 0 Å². The molecule has 0 bridgehead atoms. The molecule has 1 aromatic heterocycles. The van der Waals surface area contributed by atoms with Crippen molar-refractivity contribution in [3.63, 3.8) is 0 Å². The van der Waals surface area contributed by atoms with Gasteiger partial charge in [0.15, 0.2) is 35.6 Å². The normalized spacial score (nSPS) is 12.5. The number of rotatable bonds is 15. The zero-order valence-corrected chi connectivity index (χ0v) is 24.0. The van der Waals surface area contributed by atoms with Crippen molar-refractivity contribution < 1.29 is 33.3 Å². The zero-order valence-electron chi connectivity index (χ0n) is 23.2. The number of carbonyl (C=O) groups excluding carboxylic acids is 2. The van der Waals surface area contributed by atoms with Crippen molar-refractivity contribution in [3.05, 3.63) is 46.3 Å². The molecule has 1 amide bonds. The van der Waals surface area contributed by atoms with E-state index >= 15 is 0 Å². The van der Waals surface area contributed by atoms with Gasteiger partial charge >= 0.3 is 0 Å². The first-order valence-corrected chi connectivity index (χ1v) is 14.2. The molecule has 1 aliphatic heterocycles. The fourth-order valence-electron chi connectivity index (χ4n) is 4.53. The Hall–Kier alpha value is -3.30. The highest BCUT2D eigenvalue weighted by atomic mass is 32.1. The van der Waals surface area contributed by atoms with Crippen molar-refractivity contribution in [3.8, 4) is 23.0 Å². The molecule has 0 fully saturated rings. The van der Waals surface area contributed by atoms with Crippen LogP contribution in [0.4, 0.5) is 0 Å². The smallest absolute Gasteiger partial charge is 0.223 e. The van der Waals surface area contributed by atoms with Crippen molar-refractivity contribution >= 4 is 33.1 Å². The number of Topliss-reactive ketones (excluding diaryl/α,β-unsaturated/α-hetero) is 1. The molecule has 4 rings (SSSR count). The van der Waals surface area contributed by atoms with Crippen LogP contribution in [0.5, 0.6) is 23.0 Å². The summed E-state index contributed by atoms with van der Waals surface area (Å²) in [4.78, 5) is 27.4. The molecule has 8 nitrogen and oxygen atoms in total. The number of carbonyl (C=O) groups is 2. The maximum atomic E-state index is 12.4. The van der Waals surface area contributed by atoms with Gasteiger partial charge < -0.3 is 28.6 Å². The van der Waals surface area contributed by atoms with E-state index in [9.17, 15) is 9.59 Å². The van der Waals surface area contributed by atoms with Crippen molar-refractivity contribution in [2.24, 2.45) is 0 Å². The van der Waals surface area contributed by atoms with Crippen LogP contribution >= 0.6 is 11.3 Å². The molecule has 2 aromatic carbocycles. The third-order valence-corrected chi connectivity index (χ3v) is 7.63. The highest BCUT2D eigenvalue weighted by molar-refractivity contribution is 7.20. The van der Waals surface area contributed by atoms with Crippen LogP contribution in [-0.4, -0.2) is 50.8 Å². The molecular weight excluding hydrogens is 518 g/mol. The number of hydrogen-bond acceptors (Lipinski definition) is 8. The highest BCUT2D eigenvalue weighted by Crippen LogP contribution is 2.38. The molecule has 1 aliphatic rings.